The quantitative estimate of drug-likeness (QED) is 0.0356. The number of fused-ring (bicyclic) bond motifs is 5. The Kier molecular flexibility index (Phi) is 17.1. The molecule has 0 spiro atoms. The first kappa shape index (κ1) is 53.4. The fourth-order valence-electron chi connectivity index (χ4n) is 8.48. The van der Waals surface area contributed by atoms with Gasteiger partial charge in [0.05, 0.1) is 57.6 Å². The van der Waals surface area contributed by atoms with Gasteiger partial charge in [0, 0.05) is 46.2 Å². The maximum absolute atomic E-state index is 14.2. The molecule has 388 valence electrons. The van der Waals surface area contributed by atoms with Crippen LogP contribution in [0.25, 0.3) is 22.3 Å². The molecule has 0 radical (unpaired) electrons. The fraction of sp³-hybridized carbons (Fsp3) is 0.245. The third kappa shape index (κ3) is 12.5. The van der Waals surface area contributed by atoms with E-state index in [0.717, 1.165) is 16.5 Å². The lowest BCUT2D eigenvalue weighted by molar-refractivity contribution is -0.173. The number of para-hydroxylation sites is 1. The number of carbonyl (C=O) groups is 4. The minimum absolute atomic E-state index is 0.00114. The molecule has 22 heteroatoms. The fourth-order valence-corrected chi connectivity index (χ4v) is 10.7. The first-order chi connectivity index (χ1) is 36.2. The number of hydrogen-bond acceptors (Lipinski definition) is 12. The number of ether oxygens (including phenoxy) is 2. The Balaban J connectivity index is 0.00000369. The van der Waals surface area contributed by atoms with E-state index in [1.807, 2.05) is 44.2 Å². The van der Waals surface area contributed by atoms with Gasteiger partial charge in [-0.1, -0.05) is 82.3 Å². The average molecular weight is 1070 g/mol. The molecule has 3 aromatic heterocycles. The lowest BCUT2D eigenvalue weighted by Crippen LogP contribution is -2.55. The van der Waals surface area contributed by atoms with Crippen LogP contribution in [0.3, 0.4) is 0 Å². The molecule has 0 fully saturated rings. The lowest BCUT2D eigenvalue weighted by Gasteiger charge is -2.29. The van der Waals surface area contributed by atoms with Crippen LogP contribution < -0.4 is 31.0 Å². The molecule has 75 heavy (non-hydrogen) atoms. The second kappa shape index (κ2) is 24.0. The van der Waals surface area contributed by atoms with E-state index in [1.54, 1.807) is 103 Å². The second-order valence-corrected chi connectivity index (χ2v) is 20.4. The van der Waals surface area contributed by atoms with Gasteiger partial charge in [-0.3, -0.25) is 14.4 Å². The highest BCUT2D eigenvalue weighted by Crippen LogP contribution is 2.37. The van der Waals surface area contributed by atoms with Gasteiger partial charge in [-0.2, -0.15) is 0 Å². The first-order valence-electron chi connectivity index (χ1n) is 23.9. The summed E-state index contributed by atoms with van der Waals surface area (Å²) in [4.78, 5) is 80.1. The van der Waals surface area contributed by atoms with Crippen LogP contribution in [0.2, 0.25) is 0 Å². The van der Waals surface area contributed by atoms with E-state index in [1.165, 1.54) is 12.5 Å². The topological polar surface area (TPSA) is 265 Å². The van der Waals surface area contributed by atoms with Crippen LogP contribution in [0.1, 0.15) is 74.2 Å². The molecule has 2 aliphatic rings. The number of rotatable bonds is 18. The molecule has 7 N–H and O–H groups in total. The number of benzene rings is 4. The van der Waals surface area contributed by atoms with Crippen molar-refractivity contribution >= 4 is 85.4 Å². The lowest BCUT2D eigenvalue weighted by atomic mass is 9.99. The summed E-state index contributed by atoms with van der Waals surface area (Å²) in [5, 5.41) is 19.4. The predicted octanol–water partition coefficient (Wildman–Crippen LogP) is 6.52. The molecular formula is C53H53N9O10S3. The number of amides is 1. The highest BCUT2D eigenvalue weighted by molar-refractivity contribution is 7.86. The number of H-pyrrole nitrogens is 1. The van der Waals surface area contributed by atoms with E-state index in [0.29, 0.717) is 43.8 Å². The molecular weight excluding hydrogens is 1020 g/mol. The van der Waals surface area contributed by atoms with Crippen LogP contribution in [0.4, 0.5) is 11.4 Å². The summed E-state index contributed by atoms with van der Waals surface area (Å²) in [5.74, 6) is -4.11. The molecule has 7 aromatic rings. The van der Waals surface area contributed by atoms with Crippen LogP contribution in [-0.2, 0) is 70.2 Å². The van der Waals surface area contributed by atoms with Gasteiger partial charge in [0.2, 0.25) is 12.0 Å². The van der Waals surface area contributed by atoms with Gasteiger partial charge in [0.25, 0.3) is 5.56 Å². The van der Waals surface area contributed by atoms with Crippen LogP contribution in [0.5, 0.6) is 0 Å². The summed E-state index contributed by atoms with van der Waals surface area (Å²) in [6, 6.07) is 29.7. The molecule has 9 rings (SSSR count). The molecule has 2 aliphatic heterocycles. The third-order valence-corrected chi connectivity index (χ3v) is 14.6. The normalized spacial score (nSPS) is 15.3. The van der Waals surface area contributed by atoms with E-state index < -0.39 is 81.5 Å². The van der Waals surface area contributed by atoms with E-state index in [-0.39, 0.29) is 42.2 Å². The maximum Gasteiger partial charge on any atom is 0.352 e. The average Bonchev–Trinajstić information content (AvgIpc) is 4.07. The van der Waals surface area contributed by atoms with Gasteiger partial charge >= 0.3 is 17.9 Å². The third-order valence-electron chi connectivity index (χ3n) is 12.1. The van der Waals surface area contributed by atoms with E-state index in [4.69, 9.17) is 26.7 Å². The maximum atomic E-state index is 14.2. The Hall–Kier alpha value is -7.92. The number of esters is 2. The highest BCUT2D eigenvalue weighted by Gasteiger charge is 2.40. The Morgan fingerprint density at radius 2 is 1.63 bits per heavy atom. The van der Waals surface area contributed by atoms with Crippen molar-refractivity contribution in [3.63, 3.8) is 0 Å². The molecule has 5 heterocycles. The summed E-state index contributed by atoms with van der Waals surface area (Å²) in [6.07, 6.45) is 1.05. The van der Waals surface area contributed by atoms with Crippen molar-refractivity contribution in [2.24, 2.45) is 5.92 Å². The Morgan fingerprint density at radius 1 is 0.893 bits per heavy atom. The zero-order valence-corrected chi connectivity index (χ0v) is 43.5. The van der Waals surface area contributed by atoms with Crippen molar-refractivity contribution < 1.29 is 42.2 Å². The second-order valence-electron chi connectivity index (χ2n) is 17.5. The standard InChI is InChI=1S/C51H47N9O10S3.C2H6/c1-28(2)44(49(65)70-46-37-22-42-45-31(18-29-10-6-7-17-39(29)55-45)25-60(42)48(64)38(37)26-69-50(46)66)57-47(63)41(21-34-24-52-27-53-34)56-51(71)54-32-12-9-16-36(20-32)73(68)58-33-13-8-11-30(19-33)40(23-43(61)62)59-72(67)35-14-4-3-5-15-35;1-2/h3-20,22,24,27-28,40-41,44,46,58-59H,21,23,25-26H2,1-2H3,(H,52,53)(H,57,63)(H,61,62)(H2,54,56,71);1-2H3/t40?,41-,44?,46?,72?,73?;/m0./s1. The molecule has 0 saturated heterocycles. The largest absolute Gasteiger partial charge is 0.481 e. The van der Waals surface area contributed by atoms with Crippen LogP contribution in [-0.4, -0.2) is 74.1 Å². The Labute approximate surface area is 441 Å². The van der Waals surface area contributed by atoms with Crippen molar-refractivity contribution in [1.82, 2.24) is 34.9 Å². The smallest absolute Gasteiger partial charge is 0.352 e. The summed E-state index contributed by atoms with van der Waals surface area (Å²) >= 11 is 5.67. The first-order valence-corrected chi connectivity index (χ1v) is 26.6. The summed E-state index contributed by atoms with van der Waals surface area (Å²) in [6.45, 7) is 7.35. The van der Waals surface area contributed by atoms with Gasteiger partial charge in [-0.15, -0.1) is 0 Å². The molecule has 0 bridgehead atoms. The number of nitrogens with one attached hydrogen (secondary N) is 6. The molecule has 4 aromatic carbocycles. The Bertz CT molecular complexity index is 3390. The SMILES string of the molecule is CC.CC(C)C(NC(=O)[C@H](Cc1cnc[nH]1)NC(=S)Nc1cccc(S(=O)Nc2cccc(C(CC(=O)O)NS(=O)c3ccccc3)c2)c1)C(=O)OC1C(=O)OCc2c1cc1n(c2=O)Cc2cc3ccccc3nc2-1. The van der Waals surface area contributed by atoms with Crippen LogP contribution in [0, 0.1) is 5.92 Å². The minimum atomic E-state index is -1.84. The number of carboxylic acid groups (broad SMARTS) is 1. The number of nitrogens with zero attached hydrogens (tertiary/aromatic N) is 3. The molecule has 6 atom stereocenters. The number of cyclic esters (lactones) is 1. The summed E-state index contributed by atoms with van der Waals surface area (Å²) in [7, 11) is -3.55. The molecule has 1 amide bonds. The number of carbonyl (C=O) groups excluding carboxylic acids is 3. The van der Waals surface area contributed by atoms with Gasteiger partial charge in [0.1, 0.15) is 40.7 Å². The highest BCUT2D eigenvalue weighted by atomic mass is 32.2. The van der Waals surface area contributed by atoms with Crippen molar-refractivity contribution in [3.8, 4) is 11.4 Å². The van der Waals surface area contributed by atoms with Crippen molar-refractivity contribution in [3.05, 3.63) is 166 Å². The number of thiocarbonyl (C=S) groups is 1. The number of aliphatic carboxylic acids is 1. The van der Waals surface area contributed by atoms with Crippen molar-refractivity contribution in [2.75, 3.05) is 10.0 Å². The summed E-state index contributed by atoms with van der Waals surface area (Å²) in [5.41, 5.74) is 4.45. The van der Waals surface area contributed by atoms with Crippen molar-refractivity contribution in [1.29, 1.82) is 0 Å². The zero-order valence-electron chi connectivity index (χ0n) is 41.0. The monoisotopic (exact) mass is 1070 g/mol. The number of hydrogen-bond donors (Lipinski definition) is 7. The predicted molar refractivity (Wildman–Crippen MR) is 287 cm³/mol. The van der Waals surface area contributed by atoms with Gasteiger partial charge in [-0.25, -0.2) is 32.7 Å². The van der Waals surface area contributed by atoms with E-state index >= 15 is 0 Å². The Morgan fingerprint density at radius 3 is 2.37 bits per heavy atom. The van der Waals surface area contributed by atoms with Gasteiger partial charge < -0.3 is 44.8 Å². The number of pyridine rings is 2. The van der Waals surface area contributed by atoms with E-state index in [2.05, 4.69) is 35.4 Å². The molecule has 0 saturated carbocycles. The summed E-state index contributed by atoms with van der Waals surface area (Å²) < 4.78 is 45.4. The van der Waals surface area contributed by atoms with Gasteiger partial charge in [0.15, 0.2) is 5.11 Å². The molecule has 0 aliphatic carbocycles. The van der Waals surface area contributed by atoms with Crippen LogP contribution in [0.15, 0.2) is 142 Å². The number of carboxylic acids is 1. The van der Waals surface area contributed by atoms with E-state index in [9.17, 15) is 37.5 Å². The van der Waals surface area contributed by atoms with Gasteiger partial charge in [-0.05, 0) is 84.4 Å². The zero-order chi connectivity index (χ0) is 53.3. The van der Waals surface area contributed by atoms with Crippen LogP contribution >= 0.6 is 12.2 Å². The molecule has 19 nitrogen and oxygen atoms in total. The van der Waals surface area contributed by atoms with Crippen molar-refractivity contribution in [2.45, 2.75) is 87.7 Å². The number of anilines is 2. The number of aromatic nitrogens is 4. The minimum Gasteiger partial charge on any atom is -0.481 e. The number of aromatic amines is 1. The number of imidazole rings is 1. The molecule has 5 unspecified atom stereocenters.